The lowest BCUT2D eigenvalue weighted by molar-refractivity contribution is 0.0943. The van der Waals surface area contributed by atoms with Crippen molar-refractivity contribution in [2.45, 2.75) is 53.5 Å². The van der Waals surface area contributed by atoms with Gasteiger partial charge in [0.1, 0.15) is 0 Å². The first-order valence-corrected chi connectivity index (χ1v) is 11.1. The molecule has 3 N–H and O–H groups in total. The molecule has 6 nitrogen and oxygen atoms in total. The van der Waals surface area contributed by atoms with Crippen LogP contribution < -0.4 is 20.9 Å². The van der Waals surface area contributed by atoms with Crippen molar-refractivity contribution in [2.75, 3.05) is 28.6 Å². The van der Waals surface area contributed by atoms with Crippen LogP contribution in [0.15, 0.2) is 36.4 Å². The zero-order chi connectivity index (χ0) is 22.5. The van der Waals surface area contributed by atoms with E-state index in [1.54, 1.807) is 6.07 Å². The van der Waals surface area contributed by atoms with Crippen LogP contribution in [0.1, 0.15) is 55.1 Å². The Morgan fingerprint density at radius 3 is 2.26 bits per heavy atom. The number of anilines is 3. The SMILES string of the molecule is Cc1cccc(C)c1NC(=O)Nc1ccc(N2CCC(C)CC2)c(C(=O)NC(C)C)c1. The summed E-state index contributed by atoms with van der Waals surface area (Å²) in [6.45, 7) is 12.0. The molecule has 31 heavy (non-hydrogen) atoms. The van der Waals surface area contributed by atoms with E-state index in [1.165, 1.54) is 0 Å². The molecule has 6 heteroatoms. The molecule has 0 spiro atoms. The topological polar surface area (TPSA) is 73.5 Å². The highest BCUT2D eigenvalue weighted by atomic mass is 16.2. The van der Waals surface area contributed by atoms with Crippen LogP contribution in [-0.4, -0.2) is 31.1 Å². The number of nitrogens with zero attached hydrogens (tertiary/aromatic N) is 1. The zero-order valence-corrected chi connectivity index (χ0v) is 19.2. The summed E-state index contributed by atoms with van der Waals surface area (Å²) in [5.74, 6) is 0.584. The van der Waals surface area contributed by atoms with Crippen molar-refractivity contribution < 1.29 is 9.59 Å². The minimum atomic E-state index is -0.327. The van der Waals surface area contributed by atoms with Crippen molar-refractivity contribution in [1.82, 2.24) is 5.32 Å². The zero-order valence-electron chi connectivity index (χ0n) is 19.2. The molecule has 2 aromatic carbocycles. The molecular weight excluding hydrogens is 388 g/mol. The van der Waals surface area contributed by atoms with Gasteiger partial charge in [-0.1, -0.05) is 25.1 Å². The van der Waals surface area contributed by atoms with Gasteiger partial charge in [-0.05, 0) is 75.8 Å². The Morgan fingerprint density at radius 2 is 1.65 bits per heavy atom. The maximum Gasteiger partial charge on any atom is 0.323 e. The minimum absolute atomic E-state index is 0.0330. The summed E-state index contributed by atoms with van der Waals surface area (Å²) in [5, 5.41) is 8.80. The third-order valence-electron chi connectivity index (χ3n) is 5.76. The third-order valence-corrected chi connectivity index (χ3v) is 5.76. The fraction of sp³-hybridized carbons (Fsp3) is 0.440. The molecule has 3 amide bonds. The highest BCUT2D eigenvalue weighted by Gasteiger charge is 2.22. The summed E-state index contributed by atoms with van der Waals surface area (Å²) in [7, 11) is 0. The number of para-hydroxylation sites is 1. The second-order valence-corrected chi connectivity index (χ2v) is 8.88. The number of benzene rings is 2. The van der Waals surface area contributed by atoms with E-state index in [1.807, 2.05) is 58.0 Å². The molecule has 0 atom stereocenters. The van der Waals surface area contributed by atoms with Gasteiger partial charge in [-0.25, -0.2) is 4.79 Å². The average molecular weight is 423 g/mol. The summed E-state index contributed by atoms with van der Waals surface area (Å²) in [5.41, 5.74) is 4.91. The molecule has 1 fully saturated rings. The number of amides is 3. The monoisotopic (exact) mass is 422 g/mol. The minimum Gasteiger partial charge on any atom is -0.371 e. The van der Waals surface area contributed by atoms with Crippen molar-refractivity contribution >= 4 is 29.0 Å². The van der Waals surface area contributed by atoms with E-state index in [0.29, 0.717) is 17.2 Å². The van der Waals surface area contributed by atoms with E-state index >= 15 is 0 Å². The van der Waals surface area contributed by atoms with Gasteiger partial charge in [0.15, 0.2) is 0 Å². The lowest BCUT2D eigenvalue weighted by atomic mass is 9.97. The van der Waals surface area contributed by atoms with Crippen LogP contribution >= 0.6 is 0 Å². The quantitative estimate of drug-likeness (QED) is 0.610. The molecule has 0 aromatic heterocycles. The molecule has 0 unspecified atom stereocenters. The van der Waals surface area contributed by atoms with Crippen LogP contribution in [0, 0.1) is 19.8 Å². The Balaban J connectivity index is 1.82. The molecule has 0 aliphatic carbocycles. The second kappa shape index (κ2) is 9.86. The van der Waals surface area contributed by atoms with Gasteiger partial charge in [-0.2, -0.15) is 0 Å². The number of urea groups is 1. The number of carbonyl (C=O) groups is 2. The molecule has 0 radical (unpaired) electrons. The number of carbonyl (C=O) groups excluding carboxylic acids is 2. The maximum atomic E-state index is 12.9. The smallest absolute Gasteiger partial charge is 0.323 e. The van der Waals surface area contributed by atoms with E-state index in [0.717, 1.165) is 48.4 Å². The predicted octanol–water partition coefficient (Wildman–Crippen LogP) is 5.32. The Morgan fingerprint density at radius 1 is 1.00 bits per heavy atom. The van der Waals surface area contributed by atoms with E-state index in [4.69, 9.17) is 0 Å². The van der Waals surface area contributed by atoms with Crippen molar-refractivity contribution in [1.29, 1.82) is 0 Å². The van der Waals surface area contributed by atoms with E-state index < -0.39 is 0 Å². The molecule has 1 aliphatic rings. The summed E-state index contributed by atoms with van der Waals surface area (Å²) in [6, 6.07) is 11.2. The van der Waals surface area contributed by atoms with Gasteiger partial charge in [-0.3, -0.25) is 4.79 Å². The van der Waals surface area contributed by atoms with Gasteiger partial charge < -0.3 is 20.9 Å². The van der Waals surface area contributed by atoms with Gasteiger partial charge in [0.2, 0.25) is 0 Å². The molecule has 0 bridgehead atoms. The van der Waals surface area contributed by atoms with Gasteiger partial charge >= 0.3 is 6.03 Å². The van der Waals surface area contributed by atoms with Crippen LogP contribution in [0.2, 0.25) is 0 Å². The van der Waals surface area contributed by atoms with Gasteiger partial charge in [0.25, 0.3) is 5.91 Å². The van der Waals surface area contributed by atoms with Crippen LogP contribution in [0.3, 0.4) is 0 Å². The Kier molecular flexibility index (Phi) is 7.21. The standard InChI is InChI=1S/C25H34N4O2/c1-16(2)26-24(30)21-15-20(9-10-22(21)29-13-11-17(3)12-14-29)27-25(31)28-23-18(4)7-6-8-19(23)5/h6-10,15-17H,11-14H2,1-5H3,(H,26,30)(H2,27,28,31). The van der Waals surface area contributed by atoms with Crippen molar-refractivity contribution in [2.24, 2.45) is 5.92 Å². The molecular formula is C25H34N4O2. The van der Waals surface area contributed by atoms with Gasteiger partial charge in [-0.15, -0.1) is 0 Å². The Labute approximate surface area is 185 Å². The average Bonchev–Trinajstić information content (AvgIpc) is 2.71. The van der Waals surface area contributed by atoms with E-state index in [9.17, 15) is 9.59 Å². The van der Waals surface area contributed by atoms with E-state index in [-0.39, 0.29) is 18.0 Å². The van der Waals surface area contributed by atoms with Crippen LogP contribution in [-0.2, 0) is 0 Å². The number of piperidine rings is 1. The Hall–Kier alpha value is -3.02. The molecule has 3 rings (SSSR count). The number of aryl methyl sites for hydroxylation is 2. The first-order valence-electron chi connectivity index (χ1n) is 11.1. The summed E-state index contributed by atoms with van der Waals surface area (Å²) in [6.07, 6.45) is 2.23. The fourth-order valence-electron chi connectivity index (χ4n) is 3.95. The molecule has 2 aromatic rings. The third kappa shape index (κ3) is 5.78. The normalized spacial score (nSPS) is 14.5. The summed E-state index contributed by atoms with van der Waals surface area (Å²) >= 11 is 0. The van der Waals surface area contributed by atoms with Crippen LogP contribution in [0.5, 0.6) is 0 Å². The maximum absolute atomic E-state index is 12.9. The van der Waals surface area contributed by atoms with Crippen molar-refractivity contribution in [3.05, 3.63) is 53.1 Å². The molecule has 1 aliphatic heterocycles. The highest BCUT2D eigenvalue weighted by molar-refractivity contribution is 6.04. The molecule has 1 heterocycles. The Bertz CT molecular complexity index is 926. The van der Waals surface area contributed by atoms with Crippen LogP contribution in [0.25, 0.3) is 0 Å². The largest absolute Gasteiger partial charge is 0.371 e. The van der Waals surface area contributed by atoms with Gasteiger partial charge in [0.05, 0.1) is 5.56 Å². The number of rotatable bonds is 5. The summed E-state index contributed by atoms with van der Waals surface area (Å²) < 4.78 is 0. The second-order valence-electron chi connectivity index (χ2n) is 8.88. The number of hydrogen-bond acceptors (Lipinski definition) is 3. The fourth-order valence-corrected chi connectivity index (χ4v) is 3.95. The van der Waals surface area contributed by atoms with E-state index in [2.05, 4.69) is 27.8 Å². The molecule has 0 saturated carbocycles. The molecule has 166 valence electrons. The molecule has 1 saturated heterocycles. The number of hydrogen-bond donors (Lipinski definition) is 3. The van der Waals surface area contributed by atoms with Gasteiger partial charge in [0, 0.05) is 36.2 Å². The lowest BCUT2D eigenvalue weighted by Crippen LogP contribution is -2.36. The number of nitrogens with one attached hydrogen (secondary N) is 3. The first kappa shape index (κ1) is 22.7. The highest BCUT2D eigenvalue weighted by Crippen LogP contribution is 2.29. The van der Waals surface area contributed by atoms with Crippen LogP contribution in [0.4, 0.5) is 21.9 Å². The first-order chi connectivity index (χ1) is 14.7. The lowest BCUT2D eigenvalue weighted by Gasteiger charge is -2.33. The predicted molar refractivity (Wildman–Crippen MR) is 128 cm³/mol. The summed E-state index contributed by atoms with van der Waals surface area (Å²) in [4.78, 5) is 27.8. The van der Waals surface area contributed by atoms with Crippen molar-refractivity contribution in [3.8, 4) is 0 Å². The van der Waals surface area contributed by atoms with Crippen molar-refractivity contribution in [3.63, 3.8) is 0 Å².